The molecule has 0 atom stereocenters. The molecule has 2 rings (SSSR count). The summed E-state index contributed by atoms with van der Waals surface area (Å²) in [6.45, 7) is 1.99. The smallest absolute Gasteiger partial charge is 0.268 e. The predicted molar refractivity (Wildman–Crippen MR) is 73.0 cm³/mol. The fraction of sp³-hybridized carbons (Fsp3) is 0.231. The lowest BCUT2D eigenvalue weighted by Crippen LogP contribution is -2.24. The van der Waals surface area contributed by atoms with Gasteiger partial charge in [0.15, 0.2) is 11.6 Å². The van der Waals surface area contributed by atoms with E-state index in [-0.39, 0.29) is 17.9 Å². The molecule has 1 heterocycles. The van der Waals surface area contributed by atoms with Gasteiger partial charge in [-0.1, -0.05) is 6.07 Å². The minimum atomic E-state index is -0.450. The summed E-state index contributed by atoms with van der Waals surface area (Å²) < 4.78 is 20.3. The Hall–Kier alpha value is -1.69. The number of methoxy groups -OCH3 is 1. The van der Waals surface area contributed by atoms with Gasteiger partial charge in [-0.25, -0.2) is 9.37 Å². The van der Waals surface area contributed by atoms with Gasteiger partial charge < -0.3 is 4.74 Å². The molecule has 0 aliphatic rings. The zero-order chi connectivity index (χ0) is 14.0. The molecule has 0 saturated heterocycles. The summed E-state index contributed by atoms with van der Waals surface area (Å²) in [5, 5.41) is 0. The summed E-state index contributed by atoms with van der Waals surface area (Å²) in [6, 6.07) is 4.61. The highest BCUT2D eigenvalue weighted by Gasteiger charge is 2.08. The molecule has 0 N–H and O–H groups in total. The molecule has 0 amide bonds. The molecule has 6 heteroatoms. The third-order valence-electron chi connectivity index (χ3n) is 2.76. The Morgan fingerprint density at radius 1 is 1.47 bits per heavy atom. The first-order chi connectivity index (χ1) is 9.02. The van der Waals surface area contributed by atoms with Gasteiger partial charge in [0, 0.05) is 6.20 Å². The van der Waals surface area contributed by atoms with E-state index in [0.717, 1.165) is 0 Å². The molecule has 1 aromatic carbocycles. The largest absolute Gasteiger partial charge is 0.494 e. The third kappa shape index (κ3) is 2.84. The molecule has 0 aliphatic heterocycles. The Labute approximate surface area is 118 Å². The molecule has 0 aliphatic carbocycles. The van der Waals surface area contributed by atoms with Gasteiger partial charge in [0.2, 0.25) is 0 Å². The molecule has 1 aromatic heterocycles. The SMILES string of the molecule is COc1ccc(Cn2c(C)ncc(Br)c2=O)cc1F. The first-order valence-corrected chi connectivity index (χ1v) is 6.36. The fourth-order valence-corrected chi connectivity index (χ4v) is 2.04. The standard InChI is InChI=1S/C13H12BrFN2O2/c1-8-16-6-10(14)13(18)17(8)7-9-3-4-12(19-2)11(15)5-9/h3-6H,7H2,1-2H3. The van der Waals surface area contributed by atoms with E-state index in [9.17, 15) is 9.18 Å². The minimum Gasteiger partial charge on any atom is -0.494 e. The van der Waals surface area contributed by atoms with Crippen molar-refractivity contribution < 1.29 is 9.13 Å². The number of aromatic nitrogens is 2. The number of hydrogen-bond donors (Lipinski definition) is 0. The maximum atomic E-state index is 13.6. The van der Waals surface area contributed by atoms with E-state index in [1.165, 1.54) is 30.0 Å². The summed E-state index contributed by atoms with van der Waals surface area (Å²) in [7, 11) is 1.41. The van der Waals surface area contributed by atoms with Crippen LogP contribution in [-0.4, -0.2) is 16.7 Å². The highest BCUT2D eigenvalue weighted by molar-refractivity contribution is 9.10. The number of ether oxygens (including phenoxy) is 1. The second-order valence-electron chi connectivity index (χ2n) is 4.01. The molecule has 0 fully saturated rings. The lowest BCUT2D eigenvalue weighted by Gasteiger charge is -2.10. The van der Waals surface area contributed by atoms with Crippen LogP contribution in [0.3, 0.4) is 0 Å². The van der Waals surface area contributed by atoms with Crippen LogP contribution in [0.1, 0.15) is 11.4 Å². The van der Waals surface area contributed by atoms with Crippen molar-refractivity contribution in [2.75, 3.05) is 7.11 Å². The Morgan fingerprint density at radius 2 is 2.21 bits per heavy atom. The molecule has 19 heavy (non-hydrogen) atoms. The first kappa shape index (κ1) is 13.7. The monoisotopic (exact) mass is 326 g/mol. The van der Waals surface area contributed by atoms with Crippen molar-refractivity contribution in [2.24, 2.45) is 0 Å². The Bertz CT molecular complexity index is 670. The molecule has 2 aromatic rings. The maximum absolute atomic E-state index is 13.6. The number of halogens is 2. The van der Waals surface area contributed by atoms with Crippen molar-refractivity contribution in [3.63, 3.8) is 0 Å². The van der Waals surface area contributed by atoms with Crippen molar-refractivity contribution in [3.05, 3.63) is 56.4 Å². The zero-order valence-corrected chi connectivity index (χ0v) is 12.1. The number of benzene rings is 1. The van der Waals surface area contributed by atoms with E-state index in [4.69, 9.17) is 4.74 Å². The highest BCUT2D eigenvalue weighted by atomic mass is 79.9. The number of rotatable bonds is 3. The molecule has 4 nitrogen and oxygen atoms in total. The number of hydrogen-bond acceptors (Lipinski definition) is 3. The molecular formula is C13H12BrFN2O2. The van der Waals surface area contributed by atoms with E-state index >= 15 is 0 Å². The molecular weight excluding hydrogens is 315 g/mol. The summed E-state index contributed by atoms with van der Waals surface area (Å²) in [5.41, 5.74) is 0.479. The summed E-state index contributed by atoms with van der Waals surface area (Å²) in [6.07, 6.45) is 1.46. The first-order valence-electron chi connectivity index (χ1n) is 5.57. The van der Waals surface area contributed by atoms with Gasteiger partial charge in [0.1, 0.15) is 10.3 Å². The van der Waals surface area contributed by atoms with Crippen LogP contribution in [0.15, 0.2) is 33.7 Å². The van der Waals surface area contributed by atoms with Crippen molar-refractivity contribution in [1.29, 1.82) is 0 Å². The van der Waals surface area contributed by atoms with Gasteiger partial charge in [0.25, 0.3) is 5.56 Å². The van der Waals surface area contributed by atoms with Gasteiger partial charge in [-0.2, -0.15) is 0 Å². The van der Waals surface area contributed by atoms with Crippen molar-refractivity contribution >= 4 is 15.9 Å². The van der Waals surface area contributed by atoms with Gasteiger partial charge in [0.05, 0.1) is 13.7 Å². The number of nitrogens with zero attached hydrogens (tertiary/aromatic N) is 2. The second-order valence-corrected chi connectivity index (χ2v) is 4.87. The Kier molecular flexibility index (Phi) is 3.99. The van der Waals surface area contributed by atoms with Crippen LogP contribution in [0.2, 0.25) is 0 Å². The van der Waals surface area contributed by atoms with Gasteiger partial charge in [-0.3, -0.25) is 9.36 Å². The normalized spacial score (nSPS) is 10.5. The molecule has 0 saturated carbocycles. The van der Waals surface area contributed by atoms with Crippen LogP contribution in [0.25, 0.3) is 0 Å². The van der Waals surface area contributed by atoms with Gasteiger partial charge in [-0.05, 0) is 40.5 Å². The Balaban J connectivity index is 2.39. The minimum absolute atomic E-state index is 0.181. The van der Waals surface area contributed by atoms with Gasteiger partial charge >= 0.3 is 0 Å². The summed E-state index contributed by atoms with van der Waals surface area (Å²) in [5.74, 6) is 0.304. The molecule has 100 valence electrons. The van der Waals surface area contributed by atoms with E-state index < -0.39 is 5.82 Å². The number of aryl methyl sites for hydroxylation is 1. The lowest BCUT2D eigenvalue weighted by molar-refractivity contribution is 0.386. The van der Waals surface area contributed by atoms with Crippen LogP contribution < -0.4 is 10.3 Å². The van der Waals surface area contributed by atoms with E-state index in [0.29, 0.717) is 15.9 Å². The molecule has 0 unspecified atom stereocenters. The average Bonchev–Trinajstić information content (AvgIpc) is 2.39. The van der Waals surface area contributed by atoms with Crippen LogP contribution in [-0.2, 0) is 6.54 Å². The van der Waals surface area contributed by atoms with E-state index in [1.807, 2.05) is 0 Å². The Morgan fingerprint density at radius 3 is 2.84 bits per heavy atom. The van der Waals surface area contributed by atoms with E-state index in [1.54, 1.807) is 13.0 Å². The highest BCUT2D eigenvalue weighted by Crippen LogP contribution is 2.18. The fourth-order valence-electron chi connectivity index (χ4n) is 1.73. The topological polar surface area (TPSA) is 44.1 Å². The quantitative estimate of drug-likeness (QED) is 0.870. The van der Waals surface area contributed by atoms with Crippen molar-refractivity contribution in [2.45, 2.75) is 13.5 Å². The van der Waals surface area contributed by atoms with Crippen molar-refractivity contribution in [3.8, 4) is 5.75 Å². The average molecular weight is 327 g/mol. The third-order valence-corrected chi connectivity index (χ3v) is 3.31. The van der Waals surface area contributed by atoms with Crippen LogP contribution in [0.5, 0.6) is 5.75 Å². The maximum Gasteiger partial charge on any atom is 0.268 e. The molecule has 0 spiro atoms. The lowest BCUT2D eigenvalue weighted by atomic mass is 10.2. The van der Waals surface area contributed by atoms with E-state index in [2.05, 4.69) is 20.9 Å². The van der Waals surface area contributed by atoms with Gasteiger partial charge in [-0.15, -0.1) is 0 Å². The van der Waals surface area contributed by atoms with Crippen LogP contribution >= 0.6 is 15.9 Å². The summed E-state index contributed by atoms with van der Waals surface area (Å²) >= 11 is 3.14. The zero-order valence-electron chi connectivity index (χ0n) is 10.5. The van der Waals surface area contributed by atoms with Crippen LogP contribution in [0.4, 0.5) is 4.39 Å². The van der Waals surface area contributed by atoms with Crippen LogP contribution in [0, 0.1) is 12.7 Å². The summed E-state index contributed by atoms with van der Waals surface area (Å²) in [4.78, 5) is 16.0. The molecule has 0 bridgehead atoms. The van der Waals surface area contributed by atoms with Crippen molar-refractivity contribution in [1.82, 2.24) is 9.55 Å². The predicted octanol–water partition coefficient (Wildman–Crippen LogP) is 2.51. The molecule has 0 radical (unpaired) electrons. The second kappa shape index (κ2) is 5.52.